The number of hydrogen-bond acceptors (Lipinski definition) is 5. The normalized spacial score (nSPS) is 20.2. The molecule has 1 saturated heterocycles. The summed E-state index contributed by atoms with van der Waals surface area (Å²) in [5.74, 6) is -2.11. The lowest BCUT2D eigenvalue weighted by Gasteiger charge is -2.08. The molecule has 0 radical (unpaired) electrons. The monoisotopic (exact) mass is 341 g/mol. The van der Waals surface area contributed by atoms with Crippen LogP contribution in [0, 0.1) is 0 Å². The first-order chi connectivity index (χ1) is 11.5. The number of hydrogen-bond donors (Lipinski definition) is 5. The lowest BCUT2D eigenvalue weighted by molar-refractivity contribution is -0.129. The first kappa shape index (κ1) is 19.4. The summed E-state index contributed by atoms with van der Waals surface area (Å²) in [4.78, 5) is 57.5. The minimum atomic E-state index is -0.549. The zero-order chi connectivity index (χ0) is 17.8. The standard InChI is InChI=1S/C14H23N5O5/c20-10-4-2-1-3-5-15-11(21)6-17-13(23)8-19-14(24)9-18-12(22)7-16-10/h1-9H2,(H,15,21)(H,16,20)(H,17,23)(H,18,22)(H,19,24). The third kappa shape index (κ3) is 9.38. The first-order valence-corrected chi connectivity index (χ1v) is 7.81. The van der Waals surface area contributed by atoms with Crippen molar-refractivity contribution in [2.24, 2.45) is 0 Å². The van der Waals surface area contributed by atoms with Crippen molar-refractivity contribution in [3.8, 4) is 0 Å². The Bertz CT molecular complexity index is 452. The molecule has 134 valence electrons. The van der Waals surface area contributed by atoms with Crippen molar-refractivity contribution in [2.45, 2.75) is 25.7 Å². The second kappa shape index (κ2) is 11.0. The number of rotatable bonds is 0. The van der Waals surface area contributed by atoms with Crippen molar-refractivity contribution in [1.29, 1.82) is 0 Å². The van der Waals surface area contributed by atoms with Gasteiger partial charge < -0.3 is 26.6 Å². The number of carbonyl (C=O) groups is 5. The highest BCUT2D eigenvalue weighted by molar-refractivity contribution is 5.91. The molecule has 0 saturated carbocycles. The largest absolute Gasteiger partial charge is 0.355 e. The maximum atomic E-state index is 11.5. The summed E-state index contributed by atoms with van der Waals surface area (Å²) >= 11 is 0. The highest BCUT2D eigenvalue weighted by Crippen LogP contribution is 1.98. The van der Waals surface area contributed by atoms with Gasteiger partial charge in [0.1, 0.15) is 0 Å². The molecule has 1 aliphatic heterocycles. The Balaban J connectivity index is 2.46. The Morgan fingerprint density at radius 3 is 1.38 bits per heavy atom. The summed E-state index contributed by atoms with van der Waals surface area (Å²) in [5, 5.41) is 12.1. The fraction of sp³-hybridized carbons (Fsp3) is 0.643. The molecule has 1 fully saturated rings. The van der Waals surface area contributed by atoms with Crippen molar-refractivity contribution in [2.75, 3.05) is 32.7 Å². The van der Waals surface area contributed by atoms with Crippen molar-refractivity contribution in [3.63, 3.8) is 0 Å². The van der Waals surface area contributed by atoms with Crippen molar-refractivity contribution < 1.29 is 24.0 Å². The number of nitrogens with one attached hydrogen (secondary N) is 5. The molecule has 0 aromatic carbocycles. The molecule has 24 heavy (non-hydrogen) atoms. The van der Waals surface area contributed by atoms with E-state index in [1.165, 1.54) is 0 Å². The lowest BCUT2D eigenvalue weighted by atomic mass is 10.2. The van der Waals surface area contributed by atoms with Crippen LogP contribution in [-0.2, 0) is 24.0 Å². The van der Waals surface area contributed by atoms with Crippen LogP contribution in [0.4, 0.5) is 0 Å². The van der Waals surface area contributed by atoms with Crippen LogP contribution in [0.5, 0.6) is 0 Å². The van der Waals surface area contributed by atoms with Gasteiger partial charge in [0.15, 0.2) is 0 Å². The smallest absolute Gasteiger partial charge is 0.239 e. The Morgan fingerprint density at radius 1 is 0.458 bits per heavy atom. The van der Waals surface area contributed by atoms with Crippen LogP contribution in [0.15, 0.2) is 0 Å². The second-order valence-electron chi connectivity index (χ2n) is 5.27. The topological polar surface area (TPSA) is 146 Å². The van der Waals surface area contributed by atoms with Gasteiger partial charge in [-0.15, -0.1) is 0 Å². The summed E-state index contributed by atoms with van der Waals surface area (Å²) < 4.78 is 0. The Labute approximate surface area is 139 Å². The van der Waals surface area contributed by atoms with E-state index in [2.05, 4.69) is 26.6 Å². The van der Waals surface area contributed by atoms with Gasteiger partial charge in [0.25, 0.3) is 0 Å². The highest BCUT2D eigenvalue weighted by atomic mass is 16.2. The average molecular weight is 341 g/mol. The fourth-order valence-electron chi connectivity index (χ4n) is 1.87. The molecule has 0 atom stereocenters. The van der Waals surface area contributed by atoms with E-state index in [0.29, 0.717) is 19.4 Å². The van der Waals surface area contributed by atoms with E-state index >= 15 is 0 Å². The van der Waals surface area contributed by atoms with Crippen molar-refractivity contribution in [3.05, 3.63) is 0 Å². The van der Waals surface area contributed by atoms with Gasteiger partial charge in [-0.3, -0.25) is 24.0 Å². The maximum absolute atomic E-state index is 11.5. The van der Waals surface area contributed by atoms with Crippen LogP contribution in [0.1, 0.15) is 25.7 Å². The summed E-state index contributed by atoms with van der Waals surface area (Å²) in [5.41, 5.74) is 0. The van der Waals surface area contributed by atoms with Gasteiger partial charge in [-0.05, 0) is 12.8 Å². The fourth-order valence-corrected chi connectivity index (χ4v) is 1.87. The van der Waals surface area contributed by atoms with Crippen molar-refractivity contribution >= 4 is 29.5 Å². The zero-order valence-electron chi connectivity index (χ0n) is 13.4. The first-order valence-electron chi connectivity index (χ1n) is 7.81. The predicted molar refractivity (Wildman–Crippen MR) is 83.5 cm³/mol. The second-order valence-corrected chi connectivity index (χ2v) is 5.27. The minimum absolute atomic E-state index is 0.173. The van der Waals surface area contributed by atoms with Gasteiger partial charge in [-0.1, -0.05) is 6.42 Å². The molecular weight excluding hydrogens is 318 g/mol. The van der Waals surface area contributed by atoms with Crippen LogP contribution >= 0.6 is 0 Å². The van der Waals surface area contributed by atoms with Crippen molar-refractivity contribution in [1.82, 2.24) is 26.6 Å². The molecular formula is C14H23N5O5. The molecule has 1 heterocycles. The van der Waals surface area contributed by atoms with Crippen LogP contribution in [0.2, 0.25) is 0 Å². The highest BCUT2D eigenvalue weighted by Gasteiger charge is 2.10. The van der Waals surface area contributed by atoms with Gasteiger partial charge in [-0.25, -0.2) is 0 Å². The van der Waals surface area contributed by atoms with Gasteiger partial charge >= 0.3 is 0 Å². The number of amides is 5. The van der Waals surface area contributed by atoms with Crippen LogP contribution in [0.3, 0.4) is 0 Å². The average Bonchev–Trinajstić information content (AvgIpc) is 2.56. The van der Waals surface area contributed by atoms with E-state index in [4.69, 9.17) is 0 Å². The third-order valence-corrected chi connectivity index (χ3v) is 3.19. The number of carbonyl (C=O) groups excluding carboxylic acids is 5. The van der Waals surface area contributed by atoms with Gasteiger partial charge in [0.05, 0.1) is 26.2 Å². The van der Waals surface area contributed by atoms with Crippen LogP contribution in [0.25, 0.3) is 0 Å². The molecule has 0 aromatic heterocycles. The summed E-state index contributed by atoms with van der Waals surface area (Å²) in [6.45, 7) is -0.521. The molecule has 1 aliphatic rings. The Morgan fingerprint density at radius 2 is 0.875 bits per heavy atom. The van der Waals surface area contributed by atoms with E-state index < -0.39 is 17.7 Å². The van der Waals surface area contributed by atoms with Gasteiger partial charge in [0.2, 0.25) is 29.5 Å². The molecule has 0 aliphatic carbocycles. The SMILES string of the molecule is O=C1CCCCCNC(=O)CNC(=O)CNC(=O)CNC(=O)CN1. The van der Waals surface area contributed by atoms with Crippen LogP contribution in [-0.4, -0.2) is 62.3 Å². The molecule has 0 aromatic rings. The minimum Gasteiger partial charge on any atom is -0.355 e. The third-order valence-electron chi connectivity index (χ3n) is 3.19. The summed E-state index contributed by atoms with van der Waals surface area (Å²) in [6, 6.07) is 0. The van der Waals surface area contributed by atoms with Gasteiger partial charge in [-0.2, -0.15) is 0 Å². The lowest BCUT2D eigenvalue weighted by Crippen LogP contribution is -2.45. The molecule has 0 unspecified atom stereocenters. The molecule has 10 heteroatoms. The Kier molecular flexibility index (Phi) is 8.87. The molecule has 10 nitrogen and oxygen atoms in total. The van der Waals surface area contributed by atoms with Gasteiger partial charge in [0, 0.05) is 13.0 Å². The van der Waals surface area contributed by atoms with E-state index in [1.807, 2.05) is 0 Å². The van der Waals surface area contributed by atoms with E-state index in [-0.39, 0.29) is 44.4 Å². The summed E-state index contributed by atoms with van der Waals surface area (Å²) in [7, 11) is 0. The van der Waals surface area contributed by atoms with Crippen LogP contribution < -0.4 is 26.6 Å². The molecule has 5 N–H and O–H groups in total. The van der Waals surface area contributed by atoms with E-state index in [1.54, 1.807) is 0 Å². The molecule has 5 amide bonds. The quantitative estimate of drug-likeness (QED) is 0.322. The zero-order valence-corrected chi connectivity index (χ0v) is 13.4. The molecule has 1 rings (SSSR count). The van der Waals surface area contributed by atoms with E-state index in [0.717, 1.165) is 6.42 Å². The molecule has 0 spiro atoms. The maximum Gasteiger partial charge on any atom is 0.239 e. The predicted octanol–water partition coefficient (Wildman–Crippen LogP) is -2.86. The summed E-state index contributed by atoms with van der Waals surface area (Å²) in [6.07, 6.45) is 2.40. The molecule has 0 bridgehead atoms. The van der Waals surface area contributed by atoms with E-state index in [9.17, 15) is 24.0 Å². The Hall–Kier alpha value is -2.65.